The molecule has 0 amide bonds. The largest absolute Gasteiger partial charge is 0.345 e. The Labute approximate surface area is 156 Å². The van der Waals surface area contributed by atoms with Gasteiger partial charge in [0.25, 0.3) is 0 Å². The quantitative estimate of drug-likeness (QED) is 0.540. The molecule has 0 unspecified atom stereocenters. The molecule has 27 heavy (non-hydrogen) atoms. The predicted molar refractivity (Wildman–Crippen MR) is 106 cm³/mol. The van der Waals surface area contributed by atoms with Gasteiger partial charge in [0.1, 0.15) is 12.0 Å². The van der Waals surface area contributed by atoms with E-state index >= 15 is 0 Å². The van der Waals surface area contributed by atoms with Crippen LogP contribution in [0.5, 0.6) is 0 Å². The van der Waals surface area contributed by atoms with Gasteiger partial charge in [0.15, 0.2) is 5.78 Å². The van der Waals surface area contributed by atoms with E-state index in [1.54, 1.807) is 19.4 Å². The standard InChI is InChI=1S/C22H18N4O/c1-14(2)19(27)10-15-5-3-6-16(9-15)21-20-18(17-7-4-8-23-11-17)12-24-22(20)26-13-25-21/h3-9,11-13H,1,10H2,2H3,(H,24,25,26). The maximum Gasteiger partial charge on any atom is 0.162 e. The Morgan fingerprint density at radius 3 is 2.78 bits per heavy atom. The number of nitrogens with one attached hydrogen (secondary N) is 1. The lowest BCUT2D eigenvalue weighted by Crippen LogP contribution is -2.03. The minimum absolute atomic E-state index is 0.0395. The molecule has 0 aliphatic heterocycles. The molecular weight excluding hydrogens is 336 g/mol. The average molecular weight is 354 g/mol. The average Bonchev–Trinajstić information content (AvgIpc) is 3.13. The Bertz CT molecular complexity index is 1150. The van der Waals surface area contributed by atoms with Crippen LogP contribution in [0.25, 0.3) is 33.4 Å². The third kappa shape index (κ3) is 3.27. The van der Waals surface area contributed by atoms with Crippen molar-refractivity contribution < 1.29 is 4.79 Å². The lowest BCUT2D eigenvalue weighted by Gasteiger charge is -2.07. The summed E-state index contributed by atoms with van der Waals surface area (Å²) in [6.07, 6.45) is 7.38. The first-order valence-electron chi connectivity index (χ1n) is 8.64. The monoisotopic (exact) mass is 354 g/mol. The molecule has 1 N–H and O–H groups in total. The second-order valence-corrected chi connectivity index (χ2v) is 6.47. The number of allylic oxidation sites excluding steroid dienone is 1. The fraction of sp³-hybridized carbons (Fsp3) is 0.0909. The topological polar surface area (TPSA) is 71.5 Å². The van der Waals surface area contributed by atoms with Gasteiger partial charge in [-0.25, -0.2) is 9.97 Å². The van der Waals surface area contributed by atoms with Crippen LogP contribution < -0.4 is 0 Å². The minimum Gasteiger partial charge on any atom is -0.345 e. The summed E-state index contributed by atoms with van der Waals surface area (Å²) < 4.78 is 0. The SMILES string of the molecule is C=C(C)C(=O)Cc1cccc(-c2ncnc3[nH]cc(-c4cccnc4)c23)c1. The smallest absolute Gasteiger partial charge is 0.162 e. The van der Waals surface area contributed by atoms with Crippen molar-refractivity contribution in [1.82, 2.24) is 19.9 Å². The maximum atomic E-state index is 12.0. The Kier molecular flexibility index (Phi) is 4.34. The normalized spacial score (nSPS) is 10.9. The van der Waals surface area contributed by atoms with Gasteiger partial charge in [0, 0.05) is 41.7 Å². The van der Waals surface area contributed by atoms with Gasteiger partial charge < -0.3 is 4.98 Å². The molecule has 0 aliphatic rings. The molecule has 0 aliphatic carbocycles. The number of aromatic amines is 1. The van der Waals surface area contributed by atoms with E-state index in [0.717, 1.165) is 39.0 Å². The molecule has 5 heteroatoms. The summed E-state index contributed by atoms with van der Waals surface area (Å²) in [4.78, 5) is 28.4. The zero-order chi connectivity index (χ0) is 18.8. The Balaban J connectivity index is 1.84. The summed E-state index contributed by atoms with van der Waals surface area (Å²) >= 11 is 0. The Hall–Kier alpha value is -3.60. The third-order valence-electron chi connectivity index (χ3n) is 4.48. The van der Waals surface area contributed by atoms with E-state index in [4.69, 9.17) is 0 Å². The molecule has 0 saturated carbocycles. The van der Waals surface area contributed by atoms with Crippen LogP contribution >= 0.6 is 0 Å². The van der Waals surface area contributed by atoms with Crippen molar-refractivity contribution in [3.8, 4) is 22.4 Å². The van der Waals surface area contributed by atoms with Crippen molar-refractivity contribution in [2.75, 3.05) is 0 Å². The van der Waals surface area contributed by atoms with E-state index in [-0.39, 0.29) is 5.78 Å². The van der Waals surface area contributed by atoms with Crippen molar-refractivity contribution in [3.05, 3.63) is 79.0 Å². The van der Waals surface area contributed by atoms with Crippen LogP contribution in [-0.2, 0) is 11.2 Å². The highest BCUT2D eigenvalue weighted by Crippen LogP contribution is 2.34. The highest BCUT2D eigenvalue weighted by Gasteiger charge is 2.15. The molecule has 4 rings (SSSR count). The summed E-state index contributed by atoms with van der Waals surface area (Å²) in [7, 11) is 0. The minimum atomic E-state index is 0.0395. The number of aromatic nitrogens is 4. The van der Waals surface area contributed by atoms with E-state index in [2.05, 4.69) is 26.5 Å². The first-order chi connectivity index (χ1) is 13.1. The first-order valence-corrected chi connectivity index (χ1v) is 8.64. The van der Waals surface area contributed by atoms with E-state index in [1.807, 2.05) is 48.8 Å². The molecule has 0 saturated heterocycles. The number of hydrogen-bond donors (Lipinski definition) is 1. The van der Waals surface area contributed by atoms with Crippen LogP contribution in [0.15, 0.2) is 73.5 Å². The summed E-state index contributed by atoms with van der Waals surface area (Å²) in [6, 6.07) is 11.8. The van der Waals surface area contributed by atoms with E-state index in [9.17, 15) is 4.79 Å². The maximum absolute atomic E-state index is 12.0. The van der Waals surface area contributed by atoms with E-state index in [0.29, 0.717) is 12.0 Å². The van der Waals surface area contributed by atoms with Gasteiger partial charge in [-0.05, 0) is 30.2 Å². The fourth-order valence-electron chi connectivity index (χ4n) is 3.10. The molecule has 4 aromatic rings. The molecule has 3 heterocycles. The highest BCUT2D eigenvalue weighted by atomic mass is 16.1. The molecule has 0 spiro atoms. The van der Waals surface area contributed by atoms with Crippen LogP contribution in [-0.4, -0.2) is 25.7 Å². The van der Waals surface area contributed by atoms with Crippen molar-refractivity contribution in [2.24, 2.45) is 0 Å². The van der Waals surface area contributed by atoms with Gasteiger partial charge in [-0.15, -0.1) is 0 Å². The summed E-state index contributed by atoms with van der Waals surface area (Å²) in [5.41, 5.74) is 6.02. The molecule has 132 valence electrons. The molecule has 1 aromatic carbocycles. The number of rotatable bonds is 5. The van der Waals surface area contributed by atoms with Crippen molar-refractivity contribution >= 4 is 16.8 Å². The number of Topliss-reactive ketones (excluding diaryl/α,β-unsaturated/α-hetero) is 1. The van der Waals surface area contributed by atoms with Gasteiger partial charge in [-0.1, -0.05) is 30.8 Å². The predicted octanol–water partition coefficient (Wildman–Crippen LogP) is 4.37. The number of nitrogens with zero attached hydrogens (tertiary/aromatic N) is 3. The molecule has 0 bridgehead atoms. The lowest BCUT2D eigenvalue weighted by atomic mass is 9.99. The number of benzene rings is 1. The number of ketones is 1. The van der Waals surface area contributed by atoms with Gasteiger partial charge in [-0.2, -0.15) is 0 Å². The van der Waals surface area contributed by atoms with Gasteiger partial charge in [0.2, 0.25) is 0 Å². The first kappa shape index (κ1) is 16.8. The van der Waals surface area contributed by atoms with Crippen molar-refractivity contribution in [2.45, 2.75) is 13.3 Å². The Morgan fingerprint density at radius 1 is 1.15 bits per heavy atom. The van der Waals surface area contributed by atoms with Gasteiger partial charge in [0.05, 0.1) is 11.1 Å². The zero-order valence-electron chi connectivity index (χ0n) is 14.9. The number of H-pyrrole nitrogens is 1. The summed E-state index contributed by atoms with van der Waals surface area (Å²) in [5, 5.41) is 0.939. The summed E-state index contributed by atoms with van der Waals surface area (Å²) in [5.74, 6) is 0.0395. The molecule has 0 atom stereocenters. The fourth-order valence-corrected chi connectivity index (χ4v) is 3.10. The number of fused-ring (bicyclic) bond motifs is 1. The van der Waals surface area contributed by atoms with E-state index in [1.165, 1.54) is 0 Å². The van der Waals surface area contributed by atoms with Crippen molar-refractivity contribution in [1.29, 1.82) is 0 Å². The molecule has 3 aromatic heterocycles. The van der Waals surface area contributed by atoms with Crippen LogP contribution in [0.1, 0.15) is 12.5 Å². The molecule has 0 fully saturated rings. The zero-order valence-corrected chi connectivity index (χ0v) is 14.9. The molecule has 5 nitrogen and oxygen atoms in total. The second-order valence-electron chi connectivity index (χ2n) is 6.47. The molecule has 0 radical (unpaired) electrons. The van der Waals surface area contributed by atoms with Crippen LogP contribution in [0, 0.1) is 0 Å². The second kappa shape index (κ2) is 6.96. The number of carbonyl (C=O) groups is 1. The van der Waals surface area contributed by atoms with Crippen molar-refractivity contribution in [3.63, 3.8) is 0 Å². The van der Waals surface area contributed by atoms with Gasteiger partial charge >= 0.3 is 0 Å². The number of pyridine rings is 1. The summed E-state index contributed by atoms with van der Waals surface area (Å²) in [6.45, 7) is 5.47. The van der Waals surface area contributed by atoms with Crippen LogP contribution in [0.2, 0.25) is 0 Å². The number of hydrogen-bond acceptors (Lipinski definition) is 4. The lowest BCUT2D eigenvalue weighted by molar-refractivity contribution is -0.114. The van der Waals surface area contributed by atoms with Gasteiger partial charge in [-0.3, -0.25) is 9.78 Å². The van der Waals surface area contributed by atoms with Crippen LogP contribution in [0.3, 0.4) is 0 Å². The van der Waals surface area contributed by atoms with E-state index < -0.39 is 0 Å². The molecular formula is C22H18N4O. The third-order valence-corrected chi connectivity index (χ3v) is 4.48. The van der Waals surface area contributed by atoms with Crippen LogP contribution in [0.4, 0.5) is 0 Å². The number of carbonyl (C=O) groups excluding carboxylic acids is 1. The highest BCUT2D eigenvalue weighted by molar-refractivity contribution is 6.02. The Morgan fingerprint density at radius 2 is 2.00 bits per heavy atom.